The fourth-order valence-electron chi connectivity index (χ4n) is 8.13. The number of nitriles is 2. The van der Waals surface area contributed by atoms with Crippen LogP contribution < -0.4 is 21.9 Å². The predicted octanol–water partition coefficient (Wildman–Crippen LogP) is 14.6. The van der Waals surface area contributed by atoms with Crippen molar-refractivity contribution >= 4 is 43.7 Å². The number of rotatable bonds is 9. The molecule has 6 aromatic carbocycles. The van der Waals surface area contributed by atoms with Gasteiger partial charge in [-0.3, -0.25) is 4.79 Å². The first-order valence-electron chi connectivity index (χ1n) is 22.3. The summed E-state index contributed by atoms with van der Waals surface area (Å²) in [5.41, 5.74) is -29.2. The van der Waals surface area contributed by atoms with Crippen molar-refractivity contribution in [3.8, 4) is 23.3 Å². The molecule has 4 nitrogen and oxygen atoms in total. The van der Waals surface area contributed by atoms with Crippen LogP contribution in [0.1, 0.15) is 60.4 Å². The largest absolute Gasteiger partial charge is 0.416 e. The quantitative estimate of drug-likeness (QED) is 0.0361. The number of ketones is 1. The summed E-state index contributed by atoms with van der Waals surface area (Å²) in [7, 11) is -2.94. The minimum Gasteiger partial charge on any atom is -0.289 e. The highest BCUT2D eigenvalue weighted by molar-refractivity contribution is 8.08. The van der Waals surface area contributed by atoms with Gasteiger partial charge in [-0.15, -0.1) is 0 Å². The number of hydrogen-bond donors (Lipinski definition) is 0. The highest BCUT2D eigenvalue weighted by atomic mass is 32.2. The van der Waals surface area contributed by atoms with Crippen molar-refractivity contribution in [1.29, 1.82) is 10.5 Å². The Bertz CT molecular complexity index is 3150. The Morgan fingerprint density at radius 2 is 0.663 bits per heavy atom. The Morgan fingerprint density at radius 1 is 0.410 bits per heavy atom. The second kappa shape index (κ2) is 23.6. The van der Waals surface area contributed by atoms with Gasteiger partial charge >= 0.3 is 49.4 Å². The smallest absolute Gasteiger partial charge is 0.289 e. The van der Waals surface area contributed by atoms with Crippen molar-refractivity contribution in [2.24, 2.45) is 0 Å². The van der Waals surface area contributed by atoms with E-state index in [0.29, 0.717) is 11.1 Å². The lowest BCUT2D eigenvalue weighted by atomic mass is 9.12. The number of benzene rings is 6. The number of halogens is 24. The molecule has 0 saturated heterocycles. The summed E-state index contributed by atoms with van der Waals surface area (Å²) in [6.45, 7) is 0. The number of alkyl halides is 24. The summed E-state index contributed by atoms with van der Waals surface area (Å²) >= 11 is 0. The lowest BCUT2D eigenvalue weighted by Crippen LogP contribution is -2.75. The molecule has 0 saturated carbocycles. The van der Waals surface area contributed by atoms with Gasteiger partial charge in [0.25, 0.3) is 0 Å². The fourth-order valence-corrected chi connectivity index (χ4v) is 9.74. The number of allylic oxidation sites excluding steroid dienone is 1. The van der Waals surface area contributed by atoms with Gasteiger partial charge in [0.2, 0.25) is 5.78 Å². The van der Waals surface area contributed by atoms with E-state index in [2.05, 4.69) is 11.2 Å². The van der Waals surface area contributed by atoms with Crippen molar-refractivity contribution in [3.05, 3.63) is 201 Å². The second-order valence-electron chi connectivity index (χ2n) is 17.6. The first kappa shape index (κ1) is 65.6. The van der Waals surface area contributed by atoms with Crippen LogP contribution in [0, 0.1) is 33.8 Å². The van der Waals surface area contributed by atoms with Crippen LogP contribution in [0.5, 0.6) is 0 Å². The molecule has 1 atom stereocenters. The van der Waals surface area contributed by atoms with Crippen LogP contribution in [-0.2, 0) is 63.6 Å². The summed E-state index contributed by atoms with van der Waals surface area (Å²) < 4.78 is 354. The SMILES string of the molecule is FC(F)(F)c1cc([B-](c2cc(C(F)(F)F)cc(C(F)(F)F)c2)(c2cc(C(F)(F)F)cc(C(F)(F)F)c2)c2cc(C(F)(F)F)cc(C(F)(F)F)c2)cc(C(F)(F)F)c1.N#CC(C#N)=CC[S+](=O)(C#Cc1ccccc1)CC(=O)c1ccccc1. The molecule has 0 fully saturated rings. The summed E-state index contributed by atoms with van der Waals surface area (Å²) in [6.07, 6.45) is -53.5. The molecule has 0 N–H and O–H groups in total. The third-order valence-corrected chi connectivity index (χ3v) is 13.8. The zero-order valence-electron chi connectivity index (χ0n) is 40.5. The van der Waals surface area contributed by atoms with Crippen LogP contribution >= 0.6 is 0 Å². The molecule has 0 spiro atoms. The maximum atomic E-state index is 14.2. The van der Waals surface area contributed by atoms with Crippen LogP contribution in [0.2, 0.25) is 0 Å². The first-order valence-corrected chi connectivity index (χ1v) is 24.2. The molecule has 30 heteroatoms. The van der Waals surface area contributed by atoms with E-state index in [9.17, 15) is 114 Å². The standard InChI is InChI=1S/C32H12BF24.C21H15N2O2S/c34-25(35,36)13-1-14(26(37,38)39)6-21(5-13)33(22-7-15(27(40,41)42)2-16(8-22)28(43,44)45,23-9-17(29(46,47)48)3-18(10-23)30(49,50)51)24-11-19(31(52,53)54)4-20(12-24)32(55,56)57;22-15-19(16-23)12-14-26(25,13-11-18-7-3-1-4-8-18)17-21(24)20-9-5-2-6-10-20/h1-12H;1-10,12H,14,17H2/q-1;+1. The summed E-state index contributed by atoms with van der Waals surface area (Å²) in [5.74, 6) is 2.15. The number of carbonyl (C=O) groups is 1. The van der Waals surface area contributed by atoms with Gasteiger partial charge in [0.05, 0.1) is 44.5 Å². The highest BCUT2D eigenvalue weighted by Crippen LogP contribution is 2.41. The second-order valence-corrected chi connectivity index (χ2v) is 20.0. The fraction of sp³-hybridized carbons (Fsp3) is 0.189. The molecule has 0 aliphatic carbocycles. The lowest BCUT2D eigenvalue weighted by Gasteiger charge is -2.46. The summed E-state index contributed by atoms with van der Waals surface area (Å²) in [4.78, 5) is 12.5. The van der Waals surface area contributed by atoms with Gasteiger partial charge in [-0.2, -0.15) is 138 Å². The number of hydrogen-bond acceptors (Lipinski definition) is 4. The maximum Gasteiger partial charge on any atom is 0.416 e. The minimum atomic E-state index is -6.13. The average molecular weight is 1220 g/mol. The Kier molecular flexibility index (Phi) is 18.6. The van der Waals surface area contributed by atoms with Crippen LogP contribution in [0.3, 0.4) is 0 Å². The molecule has 0 aliphatic heterocycles. The van der Waals surface area contributed by atoms with Crippen LogP contribution in [-0.4, -0.2) is 23.4 Å². The Balaban J connectivity index is 0.000000403. The number of nitrogens with zero attached hydrogens (tertiary/aromatic N) is 2. The van der Waals surface area contributed by atoms with Gasteiger partial charge < -0.3 is 0 Å². The van der Waals surface area contributed by atoms with Crippen molar-refractivity contribution < 1.29 is 114 Å². The van der Waals surface area contributed by atoms with Crippen molar-refractivity contribution in [3.63, 3.8) is 0 Å². The predicted molar refractivity (Wildman–Crippen MR) is 251 cm³/mol. The molecular weight excluding hydrogens is 1200 g/mol. The minimum absolute atomic E-state index is 0.123. The van der Waals surface area contributed by atoms with Gasteiger partial charge in [0.1, 0.15) is 29.6 Å². The van der Waals surface area contributed by atoms with E-state index in [1.165, 1.54) is 6.08 Å². The number of carbonyl (C=O) groups excluding carboxylic acids is 1. The van der Waals surface area contributed by atoms with E-state index in [1.54, 1.807) is 54.6 Å². The van der Waals surface area contributed by atoms with E-state index in [4.69, 9.17) is 10.5 Å². The van der Waals surface area contributed by atoms with E-state index in [-0.39, 0.29) is 22.9 Å². The monoisotopic (exact) mass is 1220 g/mol. The summed E-state index contributed by atoms with van der Waals surface area (Å²) in [5, 5.41) is 20.4. The Morgan fingerprint density at radius 3 is 0.904 bits per heavy atom. The zero-order chi connectivity index (χ0) is 62.7. The van der Waals surface area contributed by atoms with E-state index < -0.39 is 205 Å². The molecule has 0 aromatic heterocycles. The van der Waals surface area contributed by atoms with Crippen molar-refractivity contribution in [1.82, 2.24) is 0 Å². The van der Waals surface area contributed by atoms with Gasteiger partial charge in [0, 0.05) is 11.1 Å². The van der Waals surface area contributed by atoms with Crippen LogP contribution in [0.4, 0.5) is 105 Å². The molecule has 438 valence electrons. The van der Waals surface area contributed by atoms with Crippen LogP contribution in [0.15, 0.2) is 145 Å². The Labute approximate surface area is 452 Å². The van der Waals surface area contributed by atoms with E-state index in [1.807, 2.05) is 18.2 Å². The van der Waals surface area contributed by atoms with Gasteiger partial charge in [0.15, 0.2) is 20.9 Å². The molecule has 0 radical (unpaired) electrons. The molecule has 0 amide bonds. The average Bonchev–Trinajstić information content (AvgIpc) is 1.51. The van der Waals surface area contributed by atoms with E-state index in [0.717, 1.165) is 0 Å². The molecular formula is C53H27BF24N2O2S. The maximum absolute atomic E-state index is 14.2. The first-order chi connectivity index (χ1) is 37.8. The third kappa shape index (κ3) is 16.3. The van der Waals surface area contributed by atoms with Crippen molar-refractivity contribution in [2.75, 3.05) is 11.5 Å². The number of Topliss-reactive ketones (excluding diaryl/α,β-unsaturated/α-hetero) is 1. The lowest BCUT2D eigenvalue weighted by molar-refractivity contribution is -0.144. The Hall–Kier alpha value is -8.20. The van der Waals surface area contributed by atoms with Crippen molar-refractivity contribution in [2.45, 2.75) is 49.4 Å². The molecule has 83 heavy (non-hydrogen) atoms. The molecule has 0 heterocycles. The molecule has 0 bridgehead atoms. The zero-order valence-corrected chi connectivity index (χ0v) is 41.3. The topological polar surface area (TPSA) is 81.7 Å². The molecule has 6 aromatic rings. The summed E-state index contributed by atoms with van der Waals surface area (Å²) in [6, 6.07) is 12.2. The van der Waals surface area contributed by atoms with E-state index >= 15 is 0 Å². The molecule has 1 unspecified atom stereocenters. The van der Waals surface area contributed by atoms with Gasteiger partial charge in [-0.25, -0.2) is 0 Å². The molecule has 6 rings (SSSR count). The normalized spacial score (nSPS) is 13.5. The third-order valence-electron chi connectivity index (χ3n) is 11.9. The van der Waals surface area contributed by atoms with Gasteiger partial charge in [-0.1, -0.05) is 101 Å². The highest BCUT2D eigenvalue weighted by Gasteiger charge is 2.47. The van der Waals surface area contributed by atoms with Crippen LogP contribution in [0.25, 0.3) is 0 Å². The van der Waals surface area contributed by atoms with Gasteiger partial charge in [-0.05, 0) is 48.4 Å². The molecule has 0 aliphatic rings.